The van der Waals surface area contributed by atoms with Gasteiger partial charge in [0.1, 0.15) is 0 Å². The van der Waals surface area contributed by atoms with Crippen molar-refractivity contribution < 1.29 is 18.0 Å². The standard InChI is InChI=1S/C19H13F3N4OS2/c20-19(21,22)13-7-4-8-14(9-13)23-16(27)11-29-18-25-24-17-26(18)15(10-28-17)12-5-2-1-3-6-12/h1-10H,11H2,(H,23,27). The van der Waals surface area contributed by atoms with E-state index in [0.717, 1.165) is 23.4 Å². The van der Waals surface area contributed by atoms with Gasteiger partial charge in [-0.2, -0.15) is 13.2 Å². The third-order valence-electron chi connectivity index (χ3n) is 4.00. The predicted octanol–water partition coefficient (Wildman–Crippen LogP) is 5.21. The minimum Gasteiger partial charge on any atom is -0.325 e. The smallest absolute Gasteiger partial charge is 0.325 e. The van der Waals surface area contributed by atoms with Crippen LogP contribution in [0.25, 0.3) is 16.2 Å². The lowest BCUT2D eigenvalue weighted by Gasteiger charge is -2.09. The number of benzene rings is 2. The van der Waals surface area contributed by atoms with Crippen molar-refractivity contribution in [3.8, 4) is 11.3 Å². The van der Waals surface area contributed by atoms with Crippen molar-refractivity contribution in [2.45, 2.75) is 11.3 Å². The van der Waals surface area contributed by atoms with E-state index in [1.165, 1.54) is 35.2 Å². The lowest BCUT2D eigenvalue weighted by Crippen LogP contribution is -2.15. The van der Waals surface area contributed by atoms with Gasteiger partial charge in [-0.15, -0.1) is 21.5 Å². The van der Waals surface area contributed by atoms with Crippen LogP contribution in [-0.2, 0) is 11.0 Å². The summed E-state index contributed by atoms with van der Waals surface area (Å²) in [4.78, 5) is 12.9. The molecule has 0 bridgehead atoms. The molecule has 0 aliphatic heterocycles. The second-order valence-electron chi connectivity index (χ2n) is 6.00. The second kappa shape index (κ2) is 7.88. The first kappa shape index (κ1) is 19.5. The van der Waals surface area contributed by atoms with Gasteiger partial charge in [0.05, 0.1) is 17.0 Å². The maximum absolute atomic E-state index is 12.8. The minimum absolute atomic E-state index is 0.0128. The maximum atomic E-state index is 12.8. The number of hydrogen-bond acceptors (Lipinski definition) is 5. The van der Waals surface area contributed by atoms with Crippen LogP contribution in [0.2, 0.25) is 0 Å². The summed E-state index contributed by atoms with van der Waals surface area (Å²) in [6.07, 6.45) is -4.46. The van der Waals surface area contributed by atoms with Crippen LogP contribution in [0.15, 0.2) is 65.1 Å². The Morgan fingerprint density at radius 3 is 2.66 bits per heavy atom. The Labute approximate surface area is 171 Å². The van der Waals surface area contributed by atoms with Gasteiger partial charge in [0.2, 0.25) is 10.9 Å². The van der Waals surface area contributed by atoms with E-state index in [9.17, 15) is 18.0 Å². The highest BCUT2D eigenvalue weighted by molar-refractivity contribution is 7.99. The first-order valence-electron chi connectivity index (χ1n) is 8.40. The molecule has 29 heavy (non-hydrogen) atoms. The lowest BCUT2D eigenvalue weighted by atomic mass is 10.2. The third kappa shape index (κ3) is 4.28. The molecule has 10 heteroatoms. The van der Waals surface area contributed by atoms with Gasteiger partial charge in [-0.1, -0.05) is 48.2 Å². The molecule has 148 valence electrons. The summed E-state index contributed by atoms with van der Waals surface area (Å²) < 4.78 is 40.3. The lowest BCUT2D eigenvalue weighted by molar-refractivity contribution is -0.137. The molecule has 4 aromatic rings. The van der Waals surface area contributed by atoms with Crippen molar-refractivity contribution in [3.63, 3.8) is 0 Å². The van der Waals surface area contributed by atoms with Crippen LogP contribution in [0.4, 0.5) is 18.9 Å². The van der Waals surface area contributed by atoms with E-state index in [2.05, 4.69) is 15.5 Å². The van der Waals surface area contributed by atoms with E-state index in [1.54, 1.807) is 0 Å². The minimum atomic E-state index is -4.46. The number of alkyl halides is 3. The molecule has 5 nitrogen and oxygen atoms in total. The fourth-order valence-corrected chi connectivity index (χ4v) is 4.34. The monoisotopic (exact) mass is 434 g/mol. The molecule has 0 radical (unpaired) electrons. The number of anilines is 1. The van der Waals surface area contributed by atoms with Crippen LogP contribution in [-0.4, -0.2) is 26.3 Å². The molecule has 0 spiro atoms. The van der Waals surface area contributed by atoms with Crippen LogP contribution < -0.4 is 5.32 Å². The molecule has 0 atom stereocenters. The quantitative estimate of drug-likeness (QED) is 0.438. The molecule has 2 aromatic carbocycles. The van der Waals surface area contributed by atoms with Gasteiger partial charge >= 0.3 is 6.18 Å². The van der Waals surface area contributed by atoms with E-state index in [4.69, 9.17) is 0 Å². The summed E-state index contributed by atoms with van der Waals surface area (Å²) in [5, 5.41) is 13.2. The molecule has 0 saturated carbocycles. The average Bonchev–Trinajstić information content (AvgIpc) is 3.29. The molecule has 0 unspecified atom stereocenters. The Morgan fingerprint density at radius 2 is 1.90 bits per heavy atom. The van der Waals surface area contributed by atoms with Gasteiger partial charge < -0.3 is 5.32 Å². The average molecular weight is 434 g/mol. The van der Waals surface area contributed by atoms with Crippen LogP contribution in [0.3, 0.4) is 0 Å². The third-order valence-corrected chi connectivity index (χ3v) is 5.74. The highest BCUT2D eigenvalue weighted by Gasteiger charge is 2.30. The molecule has 2 heterocycles. The Hall–Kier alpha value is -2.85. The highest BCUT2D eigenvalue weighted by Crippen LogP contribution is 2.31. The number of nitrogens with one attached hydrogen (secondary N) is 1. The Bertz CT molecular complexity index is 1160. The van der Waals surface area contributed by atoms with Gasteiger partial charge in [0, 0.05) is 11.1 Å². The number of fused-ring (bicyclic) bond motifs is 1. The van der Waals surface area contributed by atoms with Crippen molar-refractivity contribution in [3.05, 3.63) is 65.5 Å². The van der Waals surface area contributed by atoms with E-state index < -0.39 is 17.6 Å². The molecule has 0 aliphatic carbocycles. The molecule has 1 amide bonds. The molecule has 0 saturated heterocycles. The zero-order chi connectivity index (χ0) is 20.4. The molecular formula is C19H13F3N4OS2. The second-order valence-corrected chi connectivity index (χ2v) is 7.78. The van der Waals surface area contributed by atoms with E-state index in [1.807, 2.05) is 40.1 Å². The highest BCUT2D eigenvalue weighted by atomic mass is 32.2. The van der Waals surface area contributed by atoms with E-state index in [-0.39, 0.29) is 11.4 Å². The summed E-state index contributed by atoms with van der Waals surface area (Å²) in [5.74, 6) is -0.441. The molecule has 0 fully saturated rings. The first-order valence-corrected chi connectivity index (χ1v) is 10.3. The molecular weight excluding hydrogens is 421 g/mol. The summed E-state index contributed by atoms with van der Waals surface area (Å²) >= 11 is 2.61. The van der Waals surface area contributed by atoms with Gasteiger partial charge in [-0.25, -0.2) is 0 Å². The molecule has 0 aliphatic rings. The number of carbonyl (C=O) groups excluding carboxylic acids is 1. The summed E-state index contributed by atoms with van der Waals surface area (Å²) in [5.41, 5.74) is 1.19. The SMILES string of the molecule is O=C(CSc1nnc2scc(-c3ccccc3)n12)Nc1cccc(C(F)(F)F)c1. The first-order chi connectivity index (χ1) is 13.9. The van der Waals surface area contributed by atoms with Gasteiger partial charge in [0.25, 0.3) is 0 Å². The van der Waals surface area contributed by atoms with Crippen LogP contribution in [0.1, 0.15) is 5.56 Å². The van der Waals surface area contributed by atoms with E-state index >= 15 is 0 Å². The summed E-state index contributed by atoms with van der Waals surface area (Å²) in [6, 6.07) is 14.3. The number of nitrogens with zero attached hydrogens (tertiary/aromatic N) is 3. The number of thioether (sulfide) groups is 1. The maximum Gasteiger partial charge on any atom is 0.416 e. The number of halogens is 3. The van der Waals surface area contributed by atoms with Crippen molar-refractivity contribution in [2.75, 3.05) is 11.1 Å². The summed E-state index contributed by atoms with van der Waals surface area (Å²) in [7, 11) is 0. The normalized spacial score (nSPS) is 11.7. The number of aromatic nitrogens is 3. The van der Waals surface area contributed by atoms with E-state index in [0.29, 0.717) is 10.1 Å². The van der Waals surface area contributed by atoms with Crippen LogP contribution in [0.5, 0.6) is 0 Å². The van der Waals surface area contributed by atoms with Gasteiger partial charge in [0.15, 0.2) is 5.16 Å². The number of carbonyl (C=O) groups is 1. The van der Waals surface area contributed by atoms with Crippen molar-refractivity contribution in [1.82, 2.24) is 14.6 Å². The fraction of sp³-hybridized carbons (Fsp3) is 0.105. The Balaban J connectivity index is 1.48. The largest absolute Gasteiger partial charge is 0.416 e. The molecule has 4 rings (SSSR count). The Morgan fingerprint density at radius 1 is 1.10 bits per heavy atom. The van der Waals surface area contributed by atoms with Crippen molar-refractivity contribution in [1.29, 1.82) is 0 Å². The van der Waals surface area contributed by atoms with Gasteiger partial charge in [-0.3, -0.25) is 9.20 Å². The molecule has 2 aromatic heterocycles. The van der Waals surface area contributed by atoms with Crippen LogP contribution >= 0.6 is 23.1 Å². The predicted molar refractivity (Wildman–Crippen MR) is 107 cm³/mol. The Kier molecular flexibility index (Phi) is 5.29. The van der Waals surface area contributed by atoms with Crippen LogP contribution in [0, 0.1) is 0 Å². The molecule has 1 N–H and O–H groups in total. The van der Waals surface area contributed by atoms with Crippen molar-refractivity contribution in [2.24, 2.45) is 0 Å². The summed E-state index contributed by atoms with van der Waals surface area (Å²) in [6.45, 7) is 0. The zero-order valence-electron chi connectivity index (χ0n) is 14.7. The number of hydrogen-bond donors (Lipinski definition) is 1. The number of amides is 1. The zero-order valence-corrected chi connectivity index (χ0v) is 16.3. The van der Waals surface area contributed by atoms with Gasteiger partial charge in [-0.05, 0) is 23.8 Å². The number of thiazole rings is 1. The van der Waals surface area contributed by atoms with Crippen molar-refractivity contribution >= 4 is 39.7 Å². The number of rotatable bonds is 5. The fourth-order valence-electron chi connectivity index (χ4n) is 2.70. The topological polar surface area (TPSA) is 59.3 Å².